The van der Waals surface area contributed by atoms with Gasteiger partial charge in [-0.15, -0.1) is 22.7 Å². The summed E-state index contributed by atoms with van der Waals surface area (Å²) in [6, 6.07) is 6.60. The SMILES string of the molecule is CCCCC(CC)Cc1cc2sc(-c3nccc4nsnc34)cc2s1. The van der Waals surface area contributed by atoms with Crippen LogP contribution in [-0.2, 0) is 6.42 Å². The molecule has 0 fully saturated rings. The van der Waals surface area contributed by atoms with Gasteiger partial charge >= 0.3 is 0 Å². The fraction of sp³-hybridized carbons (Fsp3) is 0.421. The number of aromatic nitrogens is 3. The van der Waals surface area contributed by atoms with Gasteiger partial charge < -0.3 is 0 Å². The van der Waals surface area contributed by atoms with Gasteiger partial charge in [0, 0.05) is 20.5 Å². The molecule has 0 amide bonds. The van der Waals surface area contributed by atoms with Gasteiger partial charge in [-0.3, -0.25) is 4.98 Å². The van der Waals surface area contributed by atoms with Crippen molar-refractivity contribution in [3.63, 3.8) is 0 Å². The molecule has 0 radical (unpaired) electrons. The van der Waals surface area contributed by atoms with Crippen molar-refractivity contribution in [1.29, 1.82) is 0 Å². The highest BCUT2D eigenvalue weighted by molar-refractivity contribution is 7.29. The molecule has 0 aliphatic rings. The van der Waals surface area contributed by atoms with Crippen LogP contribution >= 0.6 is 34.4 Å². The molecule has 6 heteroatoms. The van der Waals surface area contributed by atoms with E-state index in [-0.39, 0.29) is 0 Å². The van der Waals surface area contributed by atoms with Crippen molar-refractivity contribution in [1.82, 2.24) is 13.7 Å². The first-order valence-corrected chi connectivity index (χ1v) is 11.2. The van der Waals surface area contributed by atoms with E-state index in [0.717, 1.165) is 22.6 Å². The van der Waals surface area contributed by atoms with E-state index >= 15 is 0 Å². The number of rotatable bonds is 7. The summed E-state index contributed by atoms with van der Waals surface area (Å²) in [6.07, 6.45) is 8.33. The molecule has 0 aromatic carbocycles. The van der Waals surface area contributed by atoms with E-state index in [1.807, 2.05) is 34.9 Å². The first-order valence-electron chi connectivity index (χ1n) is 8.88. The molecule has 0 aliphatic heterocycles. The molecule has 3 nitrogen and oxygen atoms in total. The fourth-order valence-electron chi connectivity index (χ4n) is 3.22. The lowest BCUT2D eigenvalue weighted by Crippen LogP contribution is -2.01. The van der Waals surface area contributed by atoms with E-state index in [1.54, 1.807) is 0 Å². The second kappa shape index (κ2) is 7.48. The first kappa shape index (κ1) is 17.1. The van der Waals surface area contributed by atoms with Gasteiger partial charge in [0.1, 0.15) is 16.7 Å². The third-order valence-corrected chi connectivity index (χ3v) is 7.56. The number of hydrogen-bond acceptors (Lipinski definition) is 6. The zero-order chi connectivity index (χ0) is 17.2. The molecule has 0 saturated carbocycles. The largest absolute Gasteiger partial charge is 0.253 e. The Morgan fingerprint density at radius 1 is 1.08 bits per heavy atom. The van der Waals surface area contributed by atoms with Crippen LogP contribution in [0.4, 0.5) is 0 Å². The van der Waals surface area contributed by atoms with Crippen molar-refractivity contribution >= 4 is 54.8 Å². The van der Waals surface area contributed by atoms with Crippen molar-refractivity contribution in [2.75, 3.05) is 0 Å². The van der Waals surface area contributed by atoms with Crippen molar-refractivity contribution in [2.45, 2.75) is 46.0 Å². The number of thiophene rings is 2. The Morgan fingerprint density at radius 3 is 2.76 bits per heavy atom. The van der Waals surface area contributed by atoms with E-state index in [1.165, 1.54) is 63.0 Å². The number of pyridine rings is 1. The zero-order valence-electron chi connectivity index (χ0n) is 14.5. The van der Waals surface area contributed by atoms with Gasteiger partial charge in [0.2, 0.25) is 0 Å². The Bertz CT molecular complexity index is 951. The third-order valence-electron chi connectivity index (χ3n) is 4.70. The highest BCUT2D eigenvalue weighted by Gasteiger charge is 2.15. The average molecular weight is 388 g/mol. The molecule has 25 heavy (non-hydrogen) atoms. The van der Waals surface area contributed by atoms with Gasteiger partial charge in [-0.2, -0.15) is 8.75 Å². The number of nitrogens with zero attached hydrogens (tertiary/aromatic N) is 3. The standard InChI is InChI=1S/C19H21N3S3/c1-3-5-6-12(4-2)9-13-10-15-16(23-13)11-17(24-15)19-18-14(7-8-20-19)21-25-22-18/h7-8,10-12H,3-6,9H2,1-2H3. The van der Waals surface area contributed by atoms with Gasteiger partial charge in [0.05, 0.1) is 16.6 Å². The lowest BCUT2D eigenvalue weighted by molar-refractivity contribution is 0.452. The summed E-state index contributed by atoms with van der Waals surface area (Å²) in [5, 5.41) is 0. The van der Waals surface area contributed by atoms with E-state index in [2.05, 4.69) is 39.7 Å². The quantitative estimate of drug-likeness (QED) is 0.350. The molecule has 0 aliphatic carbocycles. The van der Waals surface area contributed by atoms with Gasteiger partial charge in [0.15, 0.2) is 0 Å². The van der Waals surface area contributed by atoms with Gasteiger partial charge in [-0.1, -0.05) is 39.5 Å². The molecule has 0 bridgehead atoms. The van der Waals surface area contributed by atoms with Crippen LogP contribution < -0.4 is 0 Å². The Hall–Kier alpha value is -1.37. The van der Waals surface area contributed by atoms with Crippen molar-refractivity contribution in [3.8, 4) is 10.6 Å². The minimum atomic E-state index is 0.823. The summed E-state index contributed by atoms with van der Waals surface area (Å²) < 4.78 is 11.5. The number of unbranched alkanes of at least 4 members (excludes halogenated alkanes) is 1. The number of hydrogen-bond donors (Lipinski definition) is 0. The third kappa shape index (κ3) is 3.48. The van der Waals surface area contributed by atoms with E-state index in [9.17, 15) is 0 Å². The van der Waals surface area contributed by atoms with Crippen LogP contribution in [0.5, 0.6) is 0 Å². The maximum absolute atomic E-state index is 4.56. The summed E-state index contributed by atoms with van der Waals surface area (Å²) >= 11 is 5.03. The molecule has 0 spiro atoms. The molecule has 130 valence electrons. The summed E-state index contributed by atoms with van der Waals surface area (Å²) in [5.74, 6) is 0.823. The molecule has 0 N–H and O–H groups in total. The van der Waals surface area contributed by atoms with Gasteiger partial charge in [-0.05, 0) is 30.5 Å². The summed E-state index contributed by atoms with van der Waals surface area (Å²) in [5.41, 5.74) is 2.83. The molecule has 0 saturated heterocycles. The monoisotopic (exact) mass is 387 g/mol. The lowest BCUT2D eigenvalue weighted by Gasteiger charge is -2.12. The lowest BCUT2D eigenvalue weighted by atomic mass is 9.95. The zero-order valence-corrected chi connectivity index (χ0v) is 16.9. The Morgan fingerprint density at radius 2 is 1.96 bits per heavy atom. The highest BCUT2D eigenvalue weighted by atomic mass is 32.1. The van der Waals surface area contributed by atoms with Crippen LogP contribution in [0.2, 0.25) is 0 Å². The van der Waals surface area contributed by atoms with Gasteiger partial charge in [-0.25, -0.2) is 0 Å². The average Bonchev–Trinajstić information content (AvgIpc) is 3.32. The molecule has 1 atom stereocenters. The van der Waals surface area contributed by atoms with Crippen molar-refractivity contribution in [3.05, 3.63) is 29.3 Å². The summed E-state index contributed by atoms with van der Waals surface area (Å²) in [4.78, 5) is 7.28. The fourth-order valence-corrected chi connectivity index (χ4v) is 6.30. The normalized spacial score (nSPS) is 13.0. The molecule has 4 rings (SSSR count). The van der Waals surface area contributed by atoms with Crippen LogP contribution in [-0.4, -0.2) is 13.7 Å². The van der Waals surface area contributed by atoms with E-state index < -0.39 is 0 Å². The molecule has 4 aromatic rings. The molecular weight excluding hydrogens is 366 g/mol. The van der Waals surface area contributed by atoms with Crippen molar-refractivity contribution in [2.24, 2.45) is 5.92 Å². The van der Waals surface area contributed by atoms with Crippen LogP contribution in [0.25, 0.3) is 31.0 Å². The first-order chi connectivity index (χ1) is 12.3. The van der Waals surface area contributed by atoms with E-state index in [4.69, 9.17) is 0 Å². The van der Waals surface area contributed by atoms with E-state index in [0.29, 0.717) is 0 Å². The molecule has 1 unspecified atom stereocenters. The highest BCUT2D eigenvalue weighted by Crippen LogP contribution is 2.40. The predicted octanol–water partition coefficient (Wildman–Crippen LogP) is 6.79. The summed E-state index contributed by atoms with van der Waals surface area (Å²) in [7, 11) is 0. The molecule has 4 heterocycles. The second-order valence-electron chi connectivity index (χ2n) is 6.46. The molecule has 4 aromatic heterocycles. The number of fused-ring (bicyclic) bond motifs is 2. The van der Waals surface area contributed by atoms with Crippen LogP contribution in [0, 0.1) is 5.92 Å². The van der Waals surface area contributed by atoms with Crippen LogP contribution in [0.1, 0.15) is 44.4 Å². The van der Waals surface area contributed by atoms with Crippen LogP contribution in [0.3, 0.4) is 0 Å². The van der Waals surface area contributed by atoms with Crippen molar-refractivity contribution < 1.29 is 0 Å². The van der Waals surface area contributed by atoms with Crippen LogP contribution in [0.15, 0.2) is 24.4 Å². The maximum atomic E-state index is 4.56. The Labute approximate surface area is 160 Å². The molecular formula is C19H21N3S3. The smallest absolute Gasteiger partial charge is 0.131 e. The minimum absolute atomic E-state index is 0.823. The second-order valence-corrected chi connectivity index (χ2v) is 9.24. The van der Waals surface area contributed by atoms with Gasteiger partial charge in [0.25, 0.3) is 0 Å². The maximum Gasteiger partial charge on any atom is 0.131 e. The topological polar surface area (TPSA) is 38.7 Å². The minimum Gasteiger partial charge on any atom is -0.253 e. The Kier molecular flexibility index (Phi) is 5.10. The summed E-state index contributed by atoms with van der Waals surface area (Å²) in [6.45, 7) is 4.60. The Balaban J connectivity index is 1.60. The predicted molar refractivity (Wildman–Crippen MR) is 111 cm³/mol.